The van der Waals surface area contributed by atoms with Gasteiger partial charge in [0, 0.05) is 21.4 Å². The molecule has 19 heavy (non-hydrogen) atoms. The van der Waals surface area contributed by atoms with Gasteiger partial charge < -0.3 is 9.73 Å². The third-order valence-corrected chi connectivity index (χ3v) is 4.97. The summed E-state index contributed by atoms with van der Waals surface area (Å²) in [6, 6.07) is 8.05. The van der Waals surface area contributed by atoms with E-state index in [1.807, 2.05) is 37.0 Å². The minimum atomic E-state index is 0.241. The van der Waals surface area contributed by atoms with Gasteiger partial charge in [0.15, 0.2) is 0 Å². The number of furan rings is 1. The molecule has 1 heterocycles. The monoisotopic (exact) mass is 297 g/mol. The Bertz CT molecular complexity index is 540. The zero-order valence-corrected chi connectivity index (χ0v) is 13.1. The van der Waals surface area contributed by atoms with Crippen molar-refractivity contribution in [3.8, 4) is 0 Å². The van der Waals surface area contributed by atoms with Crippen molar-refractivity contribution < 1.29 is 4.42 Å². The van der Waals surface area contributed by atoms with E-state index in [0.717, 1.165) is 27.5 Å². The van der Waals surface area contributed by atoms with Gasteiger partial charge in [-0.15, -0.1) is 0 Å². The SMILES string of the molecule is CCC(C)SCC(NC)c1cc2cc(Cl)ccc2o1. The normalized spacial score (nSPS) is 14.7. The fourth-order valence-electron chi connectivity index (χ4n) is 1.89. The van der Waals surface area contributed by atoms with Crippen molar-refractivity contribution in [1.29, 1.82) is 0 Å². The summed E-state index contributed by atoms with van der Waals surface area (Å²) in [5.74, 6) is 1.99. The van der Waals surface area contributed by atoms with Crippen molar-refractivity contribution in [1.82, 2.24) is 5.32 Å². The van der Waals surface area contributed by atoms with Crippen LogP contribution in [0.25, 0.3) is 11.0 Å². The predicted octanol–water partition coefficient (Wildman–Crippen LogP) is 4.88. The van der Waals surface area contributed by atoms with Gasteiger partial charge in [0.1, 0.15) is 11.3 Å². The fraction of sp³-hybridized carbons (Fsp3) is 0.467. The minimum absolute atomic E-state index is 0.241. The maximum atomic E-state index is 6.00. The molecular formula is C15H20ClNOS. The zero-order chi connectivity index (χ0) is 13.8. The molecule has 2 nitrogen and oxygen atoms in total. The number of thioether (sulfide) groups is 1. The molecule has 0 amide bonds. The largest absolute Gasteiger partial charge is 0.459 e. The van der Waals surface area contributed by atoms with E-state index in [2.05, 4.69) is 25.2 Å². The molecule has 2 unspecified atom stereocenters. The van der Waals surface area contributed by atoms with Crippen LogP contribution in [0.3, 0.4) is 0 Å². The molecule has 0 fully saturated rings. The lowest BCUT2D eigenvalue weighted by atomic mass is 10.2. The number of benzene rings is 1. The van der Waals surface area contributed by atoms with E-state index in [1.165, 1.54) is 6.42 Å². The smallest absolute Gasteiger partial charge is 0.134 e. The summed E-state index contributed by atoms with van der Waals surface area (Å²) in [7, 11) is 1.97. The van der Waals surface area contributed by atoms with Crippen LogP contribution in [0.15, 0.2) is 28.7 Å². The van der Waals surface area contributed by atoms with E-state index >= 15 is 0 Å². The Morgan fingerprint density at radius 2 is 2.16 bits per heavy atom. The van der Waals surface area contributed by atoms with Crippen molar-refractivity contribution in [3.63, 3.8) is 0 Å². The molecule has 2 rings (SSSR count). The molecule has 0 spiro atoms. The van der Waals surface area contributed by atoms with Gasteiger partial charge in [-0.2, -0.15) is 11.8 Å². The first-order valence-electron chi connectivity index (χ1n) is 6.62. The molecule has 104 valence electrons. The van der Waals surface area contributed by atoms with Crippen LogP contribution < -0.4 is 5.32 Å². The first-order valence-corrected chi connectivity index (χ1v) is 8.04. The number of fused-ring (bicyclic) bond motifs is 1. The average Bonchev–Trinajstić information content (AvgIpc) is 2.81. The van der Waals surface area contributed by atoms with Crippen LogP contribution in [0.4, 0.5) is 0 Å². The standard InChI is InChI=1S/C15H20ClNOS/c1-4-10(2)19-9-13(17-3)15-8-11-7-12(16)5-6-14(11)18-15/h5-8,10,13,17H,4,9H2,1-3H3. The molecular weight excluding hydrogens is 278 g/mol. The van der Waals surface area contributed by atoms with Gasteiger partial charge >= 0.3 is 0 Å². The molecule has 2 aromatic rings. The number of rotatable bonds is 6. The quantitative estimate of drug-likeness (QED) is 0.823. The first-order chi connectivity index (χ1) is 9.13. The summed E-state index contributed by atoms with van der Waals surface area (Å²) in [5, 5.41) is 5.81. The Morgan fingerprint density at radius 3 is 2.84 bits per heavy atom. The van der Waals surface area contributed by atoms with Crippen molar-refractivity contribution in [2.75, 3.05) is 12.8 Å². The highest BCUT2D eigenvalue weighted by molar-refractivity contribution is 7.99. The molecule has 0 bridgehead atoms. The van der Waals surface area contributed by atoms with Gasteiger partial charge in [-0.25, -0.2) is 0 Å². The average molecular weight is 298 g/mol. The third kappa shape index (κ3) is 3.68. The second-order valence-corrected chi connectivity index (χ2v) is 6.63. The Kier molecular flexibility index (Phi) is 5.20. The lowest BCUT2D eigenvalue weighted by molar-refractivity contribution is 0.479. The second kappa shape index (κ2) is 6.69. The lowest BCUT2D eigenvalue weighted by Gasteiger charge is -2.15. The molecule has 0 saturated carbocycles. The number of hydrogen-bond donors (Lipinski definition) is 1. The van der Waals surface area contributed by atoms with Crippen LogP contribution in [-0.4, -0.2) is 18.1 Å². The van der Waals surface area contributed by atoms with Gasteiger partial charge in [0.2, 0.25) is 0 Å². The van der Waals surface area contributed by atoms with Gasteiger partial charge in [-0.05, 0) is 37.7 Å². The zero-order valence-electron chi connectivity index (χ0n) is 11.6. The van der Waals surface area contributed by atoms with Crippen LogP contribution in [0.1, 0.15) is 32.1 Å². The van der Waals surface area contributed by atoms with E-state index < -0.39 is 0 Å². The highest BCUT2D eigenvalue weighted by atomic mass is 35.5. The fourth-order valence-corrected chi connectivity index (χ4v) is 3.16. The van der Waals surface area contributed by atoms with Gasteiger partial charge in [-0.3, -0.25) is 0 Å². The van der Waals surface area contributed by atoms with Gasteiger partial charge in [0.25, 0.3) is 0 Å². The lowest BCUT2D eigenvalue weighted by Crippen LogP contribution is -2.19. The highest BCUT2D eigenvalue weighted by Gasteiger charge is 2.16. The van der Waals surface area contributed by atoms with Crippen molar-refractivity contribution in [3.05, 3.63) is 35.0 Å². The van der Waals surface area contributed by atoms with Crippen LogP contribution in [0, 0.1) is 0 Å². The molecule has 2 atom stereocenters. The maximum absolute atomic E-state index is 6.00. The maximum Gasteiger partial charge on any atom is 0.134 e. The predicted molar refractivity (Wildman–Crippen MR) is 85.2 cm³/mol. The number of hydrogen-bond acceptors (Lipinski definition) is 3. The van der Waals surface area contributed by atoms with E-state index in [9.17, 15) is 0 Å². The van der Waals surface area contributed by atoms with E-state index in [0.29, 0.717) is 5.25 Å². The molecule has 1 aromatic carbocycles. The number of halogens is 1. The Balaban J connectivity index is 2.16. The Labute approximate surface area is 123 Å². The summed E-state index contributed by atoms with van der Waals surface area (Å²) < 4.78 is 5.91. The molecule has 0 aliphatic carbocycles. The van der Waals surface area contributed by atoms with Crippen LogP contribution >= 0.6 is 23.4 Å². The van der Waals surface area contributed by atoms with Crippen LogP contribution in [-0.2, 0) is 0 Å². The minimum Gasteiger partial charge on any atom is -0.459 e. The summed E-state index contributed by atoms with van der Waals surface area (Å²) >= 11 is 7.97. The van der Waals surface area contributed by atoms with Crippen LogP contribution in [0.2, 0.25) is 5.02 Å². The van der Waals surface area contributed by atoms with Gasteiger partial charge in [0.05, 0.1) is 6.04 Å². The highest BCUT2D eigenvalue weighted by Crippen LogP contribution is 2.29. The molecule has 0 aliphatic heterocycles. The Hall–Kier alpha value is -0.640. The molecule has 0 radical (unpaired) electrons. The van der Waals surface area contributed by atoms with E-state index in [4.69, 9.17) is 16.0 Å². The van der Waals surface area contributed by atoms with E-state index in [-0.39, 0.29) is 6.04 Å². The van der Waals surface area contributed by atoms with Crippen molar-refractivity contribution in [2.24, 2.45) is 0 Å². The number of nitrogens with one attached hydrogen (secondary N) is 1. The van der Waals surface area contributed by atoms with E-state index in [1.54, 1.807) is 0 Å². The summed E-state index contributed by atoms with van der Waals surface area (Å²) in [6.45, 7) is 4.48. The molecule has 0 aliphatic rings. The van der Waals surface area contributed by atoms with Crippen molar-refractivity contribution >= 4 is 34.3 Å². The van der Waals surface area contributed by atoms with Crippen LogP contribution in [0.5, 0.6) is 0 Å². The summed E-state index contributed by atoms with van der Waals surface area (Å²) in [6.07, 6.45) is 1.19. The summed E-state index contributed by atoms with van der Waals surface area (Å²) in [5.41, 5.74) is 0.896. The Morgan fingerprint density at radius 1 is 1.37 bits per heavy atom. The summed E-state index contributed by atoms with van der Waals surface area (Å²) in [4.78, 5) is 0. The molecule has 1 aromatic heterocycles. The first kappa shape index (κ1) is 14.8. The third-order valence-electron chi connectivity index (χ3n) is 3.31. The second-order valence-electron chi connectivity index (χ2n) is 4.72. The molecule has 0 saturated heterocycles. The van der Waals surface area contributed by atoms with Crippen molar-refractivity contribution in [2.45, 2.75) is 31.6 Å². The molecule has 1 N–H and O–H groups in total. The topological polar surface area (TPSA) is 25.2 Å². The molecule has 4 heteroatoms. The van der Waals surface area contributed by atoms with Gasteiger partial charge in [-0.1, -0.05) is 25.4 Å².